The zero-order valence-electron chi connectivity index (χ0n) is 10.7. The number of aromatic nitrogens is 2. The fourth-order valence-electron chi connectivity index (χ4n) is 2.36. The largest absolute Gasteiger partial charge is 0.375 e. The highest BCUT2D eigenvalue weighted by atomic mass is 35.5. The summed E-state index contributed by atoms with van der Waals surface area (Å²) in [5.74, 6) is 2.41. The maximum Gasteiger partial charge on any atom is 0.292 e. The van der Waals surface area contributed by atoms with E-state index in [1.54, 1.807) is 0 Å². The molecule has 0 aromatic carbocycles. The zero-order valence-corrected chi connectivity index (χ0v) is 12.3. The van der Waals surface area contributed by atoms with Crippen molar-refractivity contribution in [1.29, 1.82) is 0 Å². The van der Waals surface area contributed by atoms with Crippen LogP contribution in [0.4, 0.5) is 5.69 Å². The lowest BCUT2D eigenvalue weighted by Gasteiger charge is -2.20. The number of hydrogen-bond donors (Lipinski definition) is 1. The molecule has 102 valence electrons. The number of hydrogen-bond acceptors (Lipinski definition) is 4. The van der Waals surface area contributed by atoms with Gasteiger partial charge in [0.2, 0.25) is 0 Å². The maximum atomic E-state index is 12.2. The van der Waals surface area contributed by atoms with Crippen LogP contribution in [-0.4, -0.2) is 27.3 Å². The highest BCUT2D eigenvalue weighted by Gasteiger charge is 2.27. The molecule has 1 N–H and O–H groups in total. The summed E-state index contributed by atoms with van der Waals surface area (Å²) in [6, 6.07) is 0.280. The van der Waals surface area contributed by atoms with Crippen LogP contribution in [0.1, 0.15) is 19.3 Å². The fraction of sp³-hybridized carbons (Fsp3) is 0.538. The molecule has 1 aliphatic rings. The van der Waals surface area contributed by atoms with E-state index in [1.807, 2.05) is 11.8 Å². The number of anilines is 1. The van der Waals surface area contributed by atoms with Crippen LogP contribution in [-0.2, 0) is 6.54 Å². The third-order valence-electron chi connectivity index (χ3n) is 3.32. The smallest absolute Gasteiger partial charge is 0.292 e. The Kier molecular flexibility index (Phi) is 4.78. The van der Waals surface area contributed by atoms with Gasteiger partial charge in [-0.15, -0.1) is 6.42 Å². The minimum atomic E-state index is -0.253. The van der Waals surface area contributed by atoms with Gasteiger partial charge in [0, 0.05) is 11.3 Å². The normalized spacial score (nSPS) is 22.2. The molecule has 19 heavy (non-hydrogen) atoms. The molecule has 1 aromatic heterocycles. The third-order valence-corrected chi connectivity index (χ3v) is 4.78. The number of thioether (sulfide) groups is 1. The second-order valence-electron chi connectivity index (χ2n) is 4.49. The van der Waals surface area contributed by atoms with Gasteiger partial charge in [0.15, 0.2) is 0 Å². The molecule has 2 unspecified atom stereocenters. The van der Waals surface area contributed by atoms with Gasteiger partial charge in [-0.1, -0.05) is 23.9 Å². The van der Waals surface area contributed by atoms with Crippen molar-refractivity contribution in [2.75, 3.05) is 11.6 Å². The summed E-state index contributed by atoms with van der Waals surface area (Å²) in [4.78, 5) is 12.2. The van der Waals surface area contributed by atoms with E-state index in [-0.39, 0.29) is 18.1 Å². The molecule has 0 amide bonds. The summed E-state index contributed by atoms with van der Waals surface area (Å²) >= 11 is 7.90. The van der Waals surface area contributed by atoms with Crippen LogP contribution >= 0.6 is 23.4 Å². The first-order chi connectivity index (χ1) is 9.17. The van der Waals surface area contributed by atoms with Crippen molar-refractivity contribution in [3.05, 3.63) is 21.6 Å². The molecule has 0 aliphatic heterocycles. The van der Waals surface area contributed by atoms with Crippen LogP contribution in [0.15, 0.2) is 11.0 Å². The third kappa shape index (κ3) is 3.07. The summed E-state index contributed by atoms with van der Waals surface area (Å²) in [7, 11) is 0. The van der Waals surface area contributed by atoms with Crippen molar-refractivity contribution in [3.63, 3.8) is 0 Å². The van der Waals surface area contributed by atoms with E-state index >= 15 is 0 Å². The molecular formula is C13H16ClN3OS. The van der Waals surface area contributed by atoms with E-state index in [1.165, 1.54) is 23.7 Å². The molecule has 1 heterocycles. The first-order valence-electron chi connectivity index (χ1n) is 6.15. The number of terminal acetylenes is 1. The topological polar surface area (TPSA) is 46.9 Å². The molecule has 0 spiro atoms. The Labute approximate surface area is 121 Å². The summed E-state index contributed by atoms with van der Waals surface area (Å²) in [6.45, 7) is 0.154. The molecule has 2 rings (SSSR count). The summed E-state index contributed by atoms with van der Waals surface area (Å²) in [5, 5.41) is 8.08. The van der Waals surface area contributed by atoms with Crippen LogP contribution in [0.25, 0.3) is 0 Å². The van der Waals surface area contributed by atoms with Gasteiger partial charge in [0.1, 0.15) is 12.2 Å². The van der Waals surface area contributed by atoms with Gasteiger partial charge in [0.25, 0.3) is 5.56 Å². The fourth-order valence-corrected chi connectivity index (χ4v) is 3.47. The van der Waals surface area contributed by atoms with Crippen LogP contribution < -0.4 is 10.9 Å². The molecular weight excluding hydrogens is 282 g/mol. The quantitative estimate of drug-likeness (QED) is 0.866. The second kappa shape index (κ2) is 6.36. The highest BCUT2D eigenvalue weighted by molar-refractivity contribution is 7.99. The lowest BCUT2D eigenvalue weighted by atomic mass is 10.2. The van der Waals surface area contributed by atoms with Crippen molar-refractivity contribution in [2.45, 2.75) is 37.1 Å². The molecule has 4 nitrogen and oxygen atoms in total. The lowest BCUT2D eigenvalue weighted by molar-refractivity contribution is 0.659. The number of rotatable bonds is 4. The first-order valence-corrected chi connectivity index (χ1v) is 7.82. The van der Waals surface area contributed by atoms with E-state index in [2.05, 4.69) is 22.6 Å². The predicted molar refractivity (Wildman–Crippen MR) is 80.9 cm³/mol. The van der Waals surface area contributed by atoms with Gasteiger partial charge >= 0.3 is 0 Å². The molecule has 2 atom stereocenters. The Hall–Kier alpha value is -1.12. The van der Waals surface area contributed by atoms with E-state index in [0.717, 1.165) is 6.42 Å². The van der Waals surface area contributed by atoms with E-state index in [4.69, 9.17) is 18.0 Å². The standard InChI is InChI=1S/C13H16ClN3OS/c1-3-7-17-13(18)12(9(14)8-15-17)16-10-5-4-6-11(10)19-2/h1,8,10-11,16H,4-7H2,2H3. The molecule has 1 fully saturated rings. The first kappa shape index (κ1) is 14.3. The zero-order chi connectivity index (χ0) is 13.8. The molecule has 6 heteroatoms. The summed E-state index contributed by atoms with van der Waals surface area (Å²) in [6.07, 6.45) is 12.2. The second-order valence-corrected chi connectivity index (χ2v) is 5.97. The monoisotopic (exact) mass is 297 g/mol. The van der Waals surface area contributed by atoms with Crippen LogP contribution in [0.3, 0.4) is 0 Å². The van der Waals surface area contributed by atoms with Gasteiger partial charge in [-0.05, 0) is 19.1 Å². The van der Waals surface area contributed by atoms with Crippen LogP contribution in [0.2, 0.25) is 5.02 Å². The Balaban J connectivity index is 2.27. The SMILES string of the molecule is C#CCn1ncc(Cl)c(NC2CCCC2SC)c1=O. The molecule has 0 radical (unpaired) electrons. The highest BCUT2D eigenvalue weighted by Crippen LogP contribution is 2.31. The van der Waals surface area contributed by atoms with Gasteiger partial charge in [-0.3, -0.25) is 4.79 Å². The Morgan fingerprint density at radius 3 is 3.16 bits per heavy atom. The van der Waals surface area contributed by atoms with Crippen molar-refractivity contribution >= 4 is 29.1 Å². The van der Waals surface area contributed by atoms with Crippen LogP contribution in [0.5, 0.6) is 0 Å². The van der Waals surface area contributed by atoms with Crippen molar-refractivity contribution in [3.8, 4) is 12.3 Å². The predicted octanol–water partition coefficient (Wildman–Crippen LogP) is 2.23. The molecule has 1 saturated carbocycles. The number of halogens is 1. The lowest BCUT2D eigenvalue weighted by Crippen LogP contribution is -2.32. The minimum absolute atomic E-state index is 0.154. The van der Waals surface area contributed by atoms with E-state index in [0.29, 0.717) is 16.0 Å². The minimum Gasteiger partial charge on any atom is -0.375 e. The number of nitrogens with one attached hydrogen (secondary N) is 1. The van der Waals surface area contributed by atoms with Crippen molar-refractivity contribution in [1.82, 2.24) is 9.78 Å². The van der Waals surface area contributed by atoms with Gasteiger partial charge < -0.3 is 5.32 Å². The average Bonchev–Trinajstić information content (AvgIpc) is 2.85. The molecule has 0 bridgehead atoms. The van der Waals surface area contributed by atoms with Gasteiger partial charge in [-0.25, -0.2) is 4.68 Å². The average molecular weight is 298 g/mol. The van der Waals surface area contributed by atoms with Crippen LogP contribution in [0, 0.1) is 12.3 Å². The van der Waals surface area contributed by atoms with Crippen molar-refractivity contribution in [2.24, 2.45) is 0 Å². The number of nitrogens with zero attached hydrogens (tertiary/aromatic N) is 2. The van der Waals surface area contributed by atoms with Gasteiger partial charge in [-0.2, -0.15) is 16.9 Å². The van der Waals surface area contributed by atoms with E-state index in [9.17, 15) is 4.79 Å². The summed E-state index contributed by atoms with van der Waals surface area (Å²) < 4.78 is 1.25. The Bertz CT molecular complexity index is 552. The Morgan fingerprint density at radius 2 is 2.47 bits per heavy atom. The van der Waals surface area contributed by atoms with Gasteiger partial charge in [0.05, 0.1) is 11.2 Å². The Morgan fingerprint density at radius 1 is 1.68 bits per heavy atom. The molecule has 1 aromatic rings. The summed E-state index contributed by atoms with van der Waals surface area (Å²) in [5.41, 5.74) is 0.162. The van der Waals surface area contributed by atoms with E-state index < -0.39 is 0 Å². The van der Waals surface area contributed by atoms with Crippen molar-refractivity contribution < 1.29 is 0 Å². The molecule has 1 aliphatic carbocycles. The molecule has 0 saturated heterocycles. The maximum absolute atomic E-state index is 12.2.